The Kier molecular flexibility index (Phi) is 5.80. The van der Waals surface area contributed by atoms with Gasteiger partial charge in [-0.15, -0.1) is 11.8 Å². The van der Waals surface area contributed by atoms with E-state index >= 15 is 0 Å². The van der Waals surface area contributed by atoms with E-state index in [1.807, 2.05) is 36.6 Å². The van der Waals surface area contributed by atoms with Crippen molar-refractivity contribution in [3.8, 4) is 17.2 Å². The Morgan fingerprint density at radius 2 is 1.81 bits per heavy atom. The van der Waals surface area contributed by atoms with Gasteiger partial charge in [0.15, 0.2) is 0 Å². The average molecular weight is 394 g/mol. The van der Waals surface area contributed by atoms with Crippen LogP contribution in [0.2, 0.25) is 5.02 Å². The Balaban J connectivity index is 2.21. The van der Waals surface area contributed by atoms with Crippen LogP contribution in [-0.4, -0.2) is 17.1 Å². The molecular weight excluding hydrogens is 378 g/mol. The molecule has 0 aliphatic rings. The summed E-state index contributed by atoms with van der Waals surface area (Å²) in [6.45, 7) is 1.78. The summed E-state index contributed by atoms with van der Waals surface area (Å²) in [6, 6.07) is 18.5. The largest absolute Gasteiger partial charge is 0.322 e. The van der Waals surface area contributed by atoms with Crippen molar-refractivity contribution in [1.82, 2.24) is 4.98 Å². The number of nitrogens with zero attached hydrogens (tertiary/aromatic N) is 2. The number of nitriles is 1. The molecule has 1 N–H and O–H groups in total. The summed E-state index contributed by atoms with van der Waals surface area (Å²) in [7, 11) is 0. The second-order valence-electron chi connectivity index (χ2n) is 5.77. The van der Waals surface area contributed by atoms with E-state index in [0.29, 0.717) is 38.1 Å². The summed E-state index contributed by atoms with van der Waals surface area (Å²) >= 11 is 7.39. The number of nitrogens with one attached hydrogen (secondary N) is 1. The molecular formula is C21H16ClN3OS. The van der Waals surface area contributed by atoms with E-state index in [2.05, 4.69) is 16.4 Å². The minimum atomic E-state index is -0.305. The lowest BCUT2D eigenvalue weighted by molar-refractivity contribution is 0.102. The number of para-hydroxylation sites is 1. The normalized spacial score (nSPS) is 10.3. The number of hydrogen-bond donors (Lipinski definition) is 1. The van der Waals surface area contributed by atoms with Crippen molar-refractivity contribution >= 4 is 35.0 Å². The zero-order valence-electron chi connectivity index (χ0n) is 14.8. The number of benzene rings is 2. The molecule has 3 aromatic rings. The molecule has 0 atom stereocenters. The Morgan fingerprint density at radius 1 is 1.15 bits per heavy atom. The Morgan fingerprint density at radius 3 is 2.41 bits per heavy atom. The van der Waals surface area contributed by atoms with Crippen LogP contribution >= 0.6 is 23.4 Å². The van der Waals surface area contributed by atoms with Crippen LogP contribution in [0.15, 0.2) is 59.6 Å². The molecule has 0 aliphatic carbocycles. The van der Waals surface area contributed by atoms with Gasteiger partial charge in [0.1, 0.15) is 11.1 Å². The number of thioether (sulfide) groups is 1. The number of halogens is 1. The lowest BCUT2D eigenvalue weighted by atomic mass is 9.94. The van der Waals surface area contributed by atoms with E-state index in [0.717, 1.165) is 5.56 Å². The molecule has 134 valence electrons. The van der Waals surface area contributed by atoms with Gasteiger partial charge in [-0.05, 0) is 43.0 Å². The van der Waals surface area contributed by atoms with Gasteiger partial charge in [-0.2, -0.15) is 5.26 Å². The van der Waals surface area contributed by atoms with Gasteiger partial charge in [-0.3, -0.25) is 4.79 Å². The van der Waals surface area contributed by atoms with Gasteiger partial charge >= 0.3 is 0 Å². The summed E-state index contributed by atoms with van der Waals surface area (Å²) in [5.41, 5.74) is 3.33. The average Bonchev–Trinajstić information content (AvgIpc) is 2.68. The number of aryl methyl sites for hydroxylation is 1. The zero-order valence-corrected chi connectivity index (χ0v) is 16.4. The van der Waals surface area contributed by atoms with Crippen molar-refractivity contribution in [1.29, 1.82) is 5.26 Å². The van der Waals surface area contributed by atoms with Gasteiger partial charge in [-0.1, -0.05) is 41.9 Å². The van der Waals surface area contributed by atoms with Gasteiger partial charge in [0, 0.05) is 16.3 Å². The summed E-state index contributed by atoms with van der Waals surface area (Å²) in [4.78, 5) is 17.6. The Labute approximate surface area is 167 Å². The SMILES string of the molecule is CSc1nc(C)c(C(=O)Nc2ccccc2)c(-c2ccc(Cl)cc2)c1C#N. The molecule has 0 spiro atoms. The third-order valence-electron chi connectivity index (χ3n) is 4.04. The van der Waals surface area contributed by atoms with Crippen LogP contribution in [0.1, 0.15) is 21.6 Å². The van der Waals surface area contributed by atoms with Crippen molar-refractivity contribution in [2.24, 2.45) is 0 Å². The van der Waals surface area contributed by atoms with Crippen LogP contribution in [0.4, 0.5) is 5.69 Å². The van der Waals surface area contributed by atoms with Crippen molar-refractivity contribution in [2.75, 3.05) is 11.6 Å². The number of anilines is 1. The van der Waals surface area contributed by atoms with Crippen molar-refractivity contribution in [3.63, 3.8) is 0 Å². The Bertz CT molecular complexity index is 1030. The maximum Gasteiger partial charge on any atom is 0.258 e. The molecule has 0 aliphatic heterocycles. The first-order chi connectivity index (χ1) is 13.0. The quantitative estimate of drug-likeness (QED) is 0.589. The fourth-order valence-electron chi connectivity index (χ4n) is 2.83. The molecule has 3 rings (SSSR count). The predicted molar refractivity (Wildman–Crippen MR) is 110 cm³/mol. The Hall–Kier alpha value is -2.81. The molecule has 1 amide bonds. The molecule has 1 heterocycles. The lowest BCUT2D eigenvalue weighted by Gasteiger charge is -2.16. The number of aromatic nitrogens is 1. The van der Waals surface area contributed by atoms with Gasteiger partial charge in [0.05, 0.1) is 16.8 Å². The first-order valence-corrected chi connectivity index (χ1v) is 9.76. The number of pyridine rings is 1. The van der Waals surface area contributed by atoms with Crippen molar-refractivity contribution < 1.29 is 4.79 Å². The van der Waals surface area contributed by atoms with Crippen molar-refractivity contribution in [2.45, 2.75) is 11.9 Å². The maximum atomic E-state index is 13.1. The minimum Gasteiger partial charge on any atom is -0.322 e. The molecule has 2 aromatic carbocycles. The van der Waals surface area contributed by atoms with Crippen LogP contribution in [0.25, 0.3) is 11.1 Å². The molecule has 0 bridgehead atoms. The van der Waals surface area contributed by atoms with Gasteiger partial charge in [0.25, 0.3) is 5.91 Å². The first kappa shape index (κ1) is 19.0. The number of rotatable bonds is 4. The van der Waals surface area contributed by atoms with Crippen LogP contribution < -0.4 is 5.32 Å². The van der Waals surface area contributed by atoms with Gasteiger partial charge in [-0.25, -0.2) is 4.98 Å². The topological polar surface area (TPSA) is 65.8 Å². The number of amides is 1. The van der Waals surface area contributed by atoms with E-state index in [-0.39, 0.29) is 5.91 Å². The monoisotopic (exact) mass is 393 g/mol. The summed E-state index contributed by atoms with van der Waals surface area (Å²) in [5, 5.41) is 13.8. The standard InChI is InChI=1S/C21H16ClN3OS/c1-13-18(20(26)25-16-6-4-3-5-7-16)19(14-8-10-15(22)11-9-14)17(12-23)21(24-13)27-2/h3-11H,1-2H3,(H,25,26). The van der Waals surface area contributed by atoms with Crippen LogP contribution in [0, 0.1) is 18.3 Å². The second kappa shape index (κ2) is 8.26. The molecule has 27 heavy (non-hydrogen) atoms. The van der Waals surface area contributed by atoms with E-state index in [1.54, 1.807) is 31.2 Å². The molecule has 4 nitrogen and oxygen atoms in total. The van der Waals surface area contributed by atoms with Crippen LogP contribution in [0.3, 0.4) is 0 Å². The summed E-state index contributed by atoms with van der Waals surface area (Å²) in [5.74, 6) is -0.305. The highest BCUT2D eigenvalue weighted by Gasteiger charge is 2.24. The lowest BCUT2D eigenvalue weighted by Crippen LogP contribution is -2.17. The molecule has 0 saturated carbocycles. The fraction of sp³-hybridized carbons (Fsp3) is 0.0952. The van der Waals surface area contributed by atoms with Gasteiger partial charge in [0.2, 0.25) is 0 Å². The minimum absolute atomic E-state index is 0.305. The summed E-state index contributed by atoms with van der Waals surface area (Å²) in [6.07, 6.45) is 1.86. The highest BCUT2D eigenvalue weighted by atomic mass is 35.5. The highest BCUT2D eigenvalue weighted by molar-refractivity contribution is 7.98. The first-order valence-electron chi connectivity index (χ1n) is 8.16. The van der Waals surface area contributed by atoms with E-state index < -0.39 is 0 Å². The number of carbonyl (C=O) groups excluding carboxylic acids is 1. The van der Waals surface area contributed by atoms with Crippen LogP contribution in [-0.2, 0) is 0 Å². The van der Waals surface area contributed by atoms with Gasteiger partial charge < -0.3 is 5.32 Å². The number of hydrogen-bond acceptors (Lipinski definition) is 4. The number of carbonyl (C=O) groups is 1. The van der Waals surface area contributed by atoms with Crippen molar-refractivity contribution in [3.05, 3.63) is 76.4 Å². The molecule has 0 fully saturated rings. The van der Waals surface area contributed by atoms with Crippen LogP contribution in [0.5, 0.6) is 0 Å². The van der Waals surface area contributed by atoms with E-state index in [4.69, 9.17) is 11.6 Å². The smallest absolute Gasteiger partial charge is 0.258 e. The fourth-order valence-corrected chi connectivity index (χ4v) is 3.53. The predicted octanol–water partition coefficient (Wildman–Crippen LogP) is 5.56. The molecule has 0 unspecified atom stereocenters. The molecule has 0 radical (unpaired) electrons. The third-order valence-corrected chi connectivity index (χ3v) is 4.98. The van der Waals surface area contributed by atoms with E-state index in [9.17, 15) is 10.1 Å². The third kappa shape index (κ3) is 3.97. The second-order valence-corrected chi connectivity index (χ2v) is 7.00. The maximum absolute atomic E-state index is 13.1. The summed E-state index contributed by atoms with van der Waals surface area (Å²) < 4.78 is 0. The highest BCUT2D eigenvalue weighted by Crippen LogP contribution is 2.35. The molecule has 0 saturated heterocycles. The molecule has 1 aromatic heterocycles. The van der Waals surface area contributed by atoms with E-state index in [1.165, 1.54) is 11.8 Å². The zero-order chi connectivity index (χ0) is 19.4. The molecule has 6 heteroatoms.